The van der Waals surface area contributed by atoms with Crippen LogP contribution in [0.25, 0.3) is 0 Å². The summed E-state index contributed by atoms with van der Waals surface area (Å²) >= 11 is 1.54. The third kappa shape index (κ3) is 5.26. The minimum atomic E-state index is 0. The second-order valence-electron chi connectivity index (χ2n) is 5.25. The van der Waals surface area contributed by atoms with Crippen molar-refractivity contribution in [3.8, 4) is 0 Å². The van der Waals surface area contributed by atoms with Crippen molar-refractivity contribution in [3.05, 3.63) is 22.4 Å². The molecule has 0 spiro atoms. The van der Waals surface area contributed by atoms with Crippen molar-refractivity contribution in [3.63, 3.8) is 0 Å². The number of amides is 2. The molecule has 7 heteroatoms. The van der Waals surface area contributed by atoms with E-state index in [0.717, 1.165) is 38.0 Å². The molecule has 0 atom stereocenters. The molecule has 0 radical (unpaired) electrons. The predicted molar refractivity (Wildman–Crippen MR) is 91.8 cm³/mol. The molecule has 1 aromatic heterocycles. The van der Waals surface area contributed by atoms with Crippen molar-refractivity contribution < 1.29 is 9.59 Å². The largest absolute Gasteiger partial charge is 0.341 e. The Labute approximate surface area is 142 Å². The van der Waals surface area contributed by atoms with Crippen LogP contribution in [-0.4, -0.2) is 61.4 Å². The highest BCUT2D eigenvalue weighted by Gasteiger charge is 2.22. The van der Waals surface area contributed by atoms with Crippen LogP contribution in [0.2, 0.25) is 0 Å². The lowest BCUT2D eigenvalue weighted by Gasteiger charge is -2.22. The van der Waals surface area contributed by atoms with Gasteiger partial charge in [0.25, 0.3) is 5.91 Å². The summed E-state index contributed by atoms with van der Waals surface area (Å²) in [5.74, 6) is 0.288. The first kappa shape index (κ1) is 18.9. The van der Waals surface area contributed by atoms with Crippen LogP contribution in [0.4, 0.5) is 0 Å². The lowest BCUT2D eigenvalue weighted by atomic mass is 10.2. The summed E-state index contributed by atoms with van der Waals surface area (Å²) in [6.07, 6.45) is 2.30. The Morgan fingerprint density at radius 3 is 2.64 bits per heavy atom. The van der Waals surface area contributed by atoms with E-state index in [1.54, 1.807) is 0 Å². The van der Waals surface area contributed by atoms with Crippen LogP contribution in [0.5, 0.6) is 0 Å². The summed E-state index contributed by atoms with van der Waals surface area (Å²) in [6.45, 7) is 3.63. The molecule has 1 fully saturated rings. The maximum absolute atomic E-state index is 12.3. The Hall–Kier alpha value is -1.11. The molecule has 0 bridgehead atoms. The minimum absolute atomic E-state index is 0. The molecule has 124 valence electrons. The second kappa shape index (κ2) is 9.82. The van der Waals surface area contributed by atoms with Crippen molar-refractivity contribution in [1.82, 2.24) is 15.1 Å². The molecule has 1 aliphatic heterocycles. The molecular weight excluding hydrogens is 322 g/mol. The van der Waals surface area contributed by atoms with Gasteiger partial charge in [0.2, 0.25) is 5.91 Å². The standard InChI is InChI=1S/C15H23N3O2S.ClH/c1-16-6-2-4-14(19)17-7-3-8-18(10-9-17)15(20)13-5-11-21-12-13;/h5,11-12,16H,2-4,6-10H2,1H3;1H. The van der Waals surface area contributed by atoms with Crippen molar-refractivity contribution in [2.24, 2.45) is 0 Å². The van der Waals surface area contributed by atoms with Gasteiger partial charge < -0.3 is 15.1 Å². The van der Waals surface area contributed by atoms with Gasteiger partial charge in [-0.15, -0.1) is 12.4 Å². The predicted octanol–water partition coefficient (Wildman–Crippen LogP) is 1.84. The quantitative estimate of drug-likeness (QED) is 0.828. The molecule has 0 aromatic carbocycles. The molecule has 2 amide bonds. The summed E-state index contributed by atoms with van der Waals surface area (Å²) in [7, 11) is 1.89. The van der Waals surface area contributed by atoms with E-state index >= 15 is 0 Å². The highest BCUT2D eigenvalue weighted by atomic mass is 35.5. The van der Waals surface area contributed by atoms with E-state index in [9.17, 15) is 9.59 Å². The zero-order valence-electron chi connectivity index (χ0n) is 12.9. The van der Waals surface area contributed by atoms with Crippen LogP contribution in [-0.2, 0) is 4.79 Å². The van der Waals surface area contributed by atoms with Gasteiger partial charge in [-0.3, -0.25) is 9.59 Å². The number of thiophene rings is 1. The highest BCUT2D eigenvalue weighted by molar-refractivity contribution is 7.08. The average molecular weight is 346 g/mol. The van der Waals surface area contributed by atoms with E-state index in [2.05, 4.69) is 5.32 Å². The smallest absolute Gasteiger partial charge is 0.254 e. The summed E-state index contributed by atoms with van der Waals surface area (Å²) in [5, 5.41) is 6.86. The Kier molecular flexibility index (Phi) is 8.45. The third-order valence-electron chi connectivity index (χ3n) is 3.72. The zero-order valence-corrected chi connectivity index (χ0v) is 14.5. The molecule has 5 nitrogen and oxygen atoms in total. The van der Waals surface area contributed by atoms with Gasteiger partial charge in [0.15, 0.2) is 0 Å². The summed E-state index contributed by atoms with van der Waals surface area (Å²) in [5.41, 5.74) is 0.758. The maximum Gasteiger partial charge on any atom is 0.254 e. The number of nitrogens with one attached hydrogen (secondary N) is 1. The van der Waals surface area contributed by atoms with Crippen LogP contribution >= 0.6 is 23.7 Å². The zero-order chi connectivity index (χ0) is 15.1. The van der Waals surface area contributed by atoms with Crippen LogP contribution in [0.15, 0.2) is 16.8 Å². The number of carbonyl (C=O) groups excluding carboxylic acids is 2. The average Bonchev–Trinajstić information content (AvgIpc) is 2.91. The molecular formula is C15H24ClN3O2S. The monoisotopic (exact) mass is 345 g/mol. The van der Waals surface area contributed by atoms with E-state index in [-0.39, 0.29) is 24.2 Å². The van der Waals surface area contributed by atoms with Gasteiger partial charge in [-0.05, 0) is 37.9 Å². The van der Waals surface area contributed by atoms with E-state index < -0.39 is 0 Å². The van der Waals surface area contributed by atoms with Crippen LogP contribution in [0.1, 0.15) is 29.6 Å². The van der Waals surface area contributed by atoms with Gasteiger partial charge in [-0.2, -0.15) is 11.3 Å². The fourth-order valence-corrected chi connectivity index (χ4v) is 3.14. The lowest BCUT2D eigenvalue weighted by molar-refractivity contribution is -0.131. The molecule has 22 heavy (non-hydrogen) atoms. The van der Waals surface area contributed by atoms with Gasteiger partial charge in [0, 0.05) is 38.0 Å². The number of hydrogen-bond acceptors (Lipinski definition) is 4. The SMILES string of the molecule is CNCCCC(=O)N1CCCN(C(=O)c2ccsc2)CC1.Cl. The maximum atomic E-state index is 12.3. The van der Waals surface area contributed by atoms with Crippen LogP contribution in [0, 0.1) is 0 Å². The lowest BCUT2D eigenvalue weighted by Crippen LogP contribution is -2.37. The van der Waals surface area contributed by atoms with Crippen LogP contribution in [0.3, 0.4) is 0 Å². The Balaban J connectivity index is 0.00000242. The first-order valence-electron chi connectivity index (χ1n) is 7.46. The highest BCUT2D eigenvalue weighted by Crippen LogP contribution is 2.12. The first-order valence-corrected chi connectivity index (χ1v) is 8.40. The van der Waals surface area contributed by atoms with E-state index in [1.165, 1.54) is 11.3 Å². The number of hydrogen-bond donors (Lipinski definition) is 1. The van der Waals surface area contributed by atoms with Gasteiger partial charge in [-0.1, -0.05) is 0 Å². The Morgan fingerprint density at radius 1 is 1.23 bits per heavy atom. The minimum Gasteiger partial charge on any atom is -0.341 e. The second-order valence-corrected chi connectivity index (χ2v) is 6.03. The number of nitrogens with zero attached hydrogens (tertiary/aromatic N) is 2. The van der Waals surface area contributed by atoms with Gasteiger partial charge >= 0.3 is 0 Å². The van der Waals surface area contributed by atoms with Gasteiger partial charge in [0.05, 0.1) is 5.56 Å². The molecule has 1 N–H and O–H groups in total. The molecule has 1 aromatic rings. The summed E-state index contributed by atoms with van der Waals surface area (Å²) in [4.78, 5) is 28.2. The Morgan fingerprint density at radius 2 is 1.95 bits per heavy atom. The Bertz CT molecular complexity index is 467. The molecule has 2 heterocycles. The van der Waals surface area contributed by atoms with Gasteiger partial charge in [-0.25, -0.2) is 0 Å². The van der Waals surface area contributed by atoms with Crippen LogP contribution < -0.4 is 5.32 Å². The molecule has 0 unspecified atom stereocenters. The number of carbonyl (C=O) groups is 2. The molecule has 1 aliphatic rings. The van der Waals surface area contributed by atoms with E-state index in [0.29, 0.717) is 19.5 Å². The molecule has 0 saturated carbocycles. The summed E-state index contributed by atoms with van der Waals surface area (Å²) < 4.78 is 0. The first-order chi connectivity index (χ1) is 10.2. The number of halogens is 1. The summed E-state index contributed by atoms with van der Waals surface area (Å²) in [6, 6.07) is 1.86. The number of rotatable bonds is 5. The molecule has 1 saturated heterocycles. The van der Waals surface area contributed by atoms with Gasteiger partial charge in [0.1, 0.15) is 0 Å². The van der Waals surface area contributed by atoms with Crippen molar-refractivity contribution in [1.29, 1.82) is 0 Å². The normalized spacial score (nSPS) is 15.1. The molecule has 0 aliphatic carbocycles. The van der Waals surface area contributed by atoms with Crippen molar-refractivity contribution in [2.75, 3.05) is 39.8 Å². The van der Waals surface area contributed by atoms with Crippen molar-refractivity contribution in [2.45, 2.75) is 19.3 Å². The van der Waals surface area contributed by atoms with E-state index in [1.807, 2.05) is 33.7 Å². The van der Waals surface area contributed by atoms with Crippen molar-refractivity contribution >= 4 is 35.6 Å². The molecule has 2 rings (SSSR count). The fraction of sp³-hybridized carbons (Fsp3) is 0.600. The fourth-order valence-electron chi connectivity index (χ4n) is 2.51. The third-order valence-corrected chi connectivity index (χ3v) is 4.40. The topological polar surface area (TPSA) is 52.7 Å². The van der Waals surface area contributed by atoms with E-state index in [4.69, 9.17) is 0 Å².